The molecule has 0 aliphatic heterocycles. The third kappa shape index (κ3) is 7.27. The zero-order chi connectivity index (χ0) is 20.6. The quantitative estimate of drug-likeness (QED) is 0.320. The molecule has 0 heterocycles. The Kier molecular flexibility index (Phi) is 8.05. The van der Waals surface area contributed by atoms with Crippen LogP contribution in [0, 0.1) is 11.3 Å². The van der Waals surface area contributed by atoms with Crippen LogP contribution in [0.25, 0.3) is 11.1 Å². The Balaban J connectivity index is 1.91. The fourth-order valence-corrected chi connectivity index (χ4v) is 11.6. The van der Waals surface area contributed by atoms with Crippen LogP contribution in [0.3, 0.4) is 0 Å². The average Bonchev–Trinajstić information content (AvgIpc) is 2.66. The van der Waals surface area contributed by atoms with Crippen LogP contribution in [-0.4, -0.2) is 22.9 Å². The van der Waals surface area contributed by atoms with Crippen molar-refractivity contribution in [1.82, 2.24) is 0 Å². The maximum atomic E-state index is 8.91. The van der Waals surface area contributed by atoms with Crippen LogP contribution in [0.2, 0.25) is 32.2 Å². The second-order valence-electron chi connectivity index (χ2n) is 8.58. The summed E-state index contributed by atoms with van der Waals surface area (Å²) in [5.74, 6) is 0.882. The van der Waals surface area contributed by atoms with Crippen LogP contribution in [0.4, 0.5) is 0 Å². The Morgan fingerprint density at radius 2 is 1.39 bits per heavy atom. The van der Waals surface area contributed by atoms with Gasteiger partial charge in [-0.25, -0.2) is 0 Å². The number of unbranched alkanes of at least 4 members (excludes halogenated alkanes) is 2. The predicted octanol–water partition coefficient (Wildman–Crippen LogP) is 6.76. The molecule has 0 N–H and O–H groups in total. The number of hydrogen-bond acceptors (Lipinski definition) is 3. The van der Waals surface area contributed by atoms with Gasteiger partial charge in [0.25, 0.3) is 0 Å². The van der Waals surface area contributed by atoms with Gasteiger partial charge in [-0.1, -0.05) is 50.5 Å². The zero-order valence-electron chi connectivity index (χ0n) is 17.9. The molecular weight excluding hydrogens is 378 g/mol. The molecule has 150 valence electrons. The summed E-state index contributed by atoms with van der Waals surface area (Å²) in [6, 6.07) is 19.2. The van der Waals surface area contributed by atoms with Gasteiger partial charge in [-0.15, -0.1) is 0 Å². The van der Waals surface area contributed by atoms with Crippen molar-refractivity contribution in [3.8, 4) is 22.9 Å². The molecule has 0 aliphatic rings. The van der Waals surface area contributed by atoms with E-state index in [1.807, 2.05) is 36.4 Å². The molecule has 0 unspecified atom stereocenters. The summed E-state index contributed by atoms with van der Waals surface area (Å²) in [6.07, 6.45) is 4.50. The molecule has 0 radical (unpaired) electrons. The van der Waals surface area contributed by atoms with Crippen molar-refractivity contribution in [3.05, 3.63) is 54.1 Å². The van der Waals surface area contributed by atoms with E-state index < -0.39 is 16.6 Å². The number of rotatable bonds is 10. The van der Waals surface area contributed by atoms with Crippen LogP contribution >= 0.6 is 0 Å². The summed E-state index contributed by atoms with van der Waals surface area (Å²) in [5, 5.41) is 8.91. The molecule has 0 amide bonds. The predicted molar refractivity (Wildman–Crippen MR) is 122 cm³/mol. The summed E-state index contributed by atoms with van der Waals surface area (Å²) < 4.78 is 12.7. The van der Waals surface area contributed by atoms with Crippen molar-refractivity contribution in [1.29, 1.82) is 5.26 Å². The maximum Gasteiger partial charge on any atom is 0.213 e. The highest BCUT2D eigenvalue weighted by molar-refractivity contribution is 6.84. The van der Waals surface area contributed by atoms with Gasteiger partial charge >= 0.3 is 0 Å². The fraction of sp³-hybridized carbons (Fsp3) is 0.435. The minimum absolute atomic E-state index is 0.674. The van der Waals surface area contributed by atoms with Gasteiger partial charge in [0.1, 0.15) is 12.0 Å². The molecule has 0 atom stereocenters. The topological polar surface area (TPSA) is 42.2 Å². The Morgan fingerprint density at radius 1 is 0.821 bits per heavy atom. The summed E-state index contributed by atoms with van der Waals surface area (Å²) in [7, 11) is -3.48. The summed E-state index contributed by atoms with van der Waals surface area (Å²) >= 11 is 0. The Labute approximate surface area is 172 Å². The fourth-order valence-electron chi connectivity index (χ4n) is 3.37. The van der Waals surface area contributed by atoms with Crippen molar-refractivity contribution in [2.45, 2.75) is 58.4 Å². The molecule has 3 nitrogen and oxygen atoms in total. The second-order valence-corrected chi connectivity index (χ2v) is 17.2. The maximum absolute atomic E-state index is 8.91. The minimum Gasteiger partial charge on any atom is -0.494 e. The first-order valence-electron chi connectivity index (χ1n) is 10.2. The van der Waals surface area contributed by atoms with E-state index in [-0.39, 0.29) is 0 Å². The molecule has 0 saturated heterocycles. The smallest absolute Gasteiger partial charge is 0.213 e. The monoisotopic (exact) mass is 411 g/mol. The molecule has 0 aliphatic carbocycles. The molecule has 0 aromatic heterocycles. The molecule has 5 heteroatoms. The highest BCUT2D eigenvalue weighted by atomic mass is 28.4. The SMILES string of the molecule is CCCCC[Si](C)(C)O[Si](C)(C)COc1ccc(-c2ccc(C#N)cc2)cc1. The number of nitriles is 1. The van der Waals surface area contributed by atoms with Crippen LogP contribution in [0.15, 0.2) is 48.5 Å². The Hall–Kier alpha value is -1.88. The van der Waals surface area contributed by atoms with Crippen molar-refractivity contribution in [2.24, 2.45) is 0 Å². The van der Waals surface area contributed by atoms with Crippen LogP contribution < -0.4 is 4.74 Å². The van der Waals surface area contributed by atoms with Gasteiger partial charge < -0.3 is 8.85 Å². The number of hydrogen-bond donors (Lipinski definition) is 0. The van der Waals surface area contributed by atoms with Gasteiger partial charge in [-0.05, 0) is 67.6 Å². The van der Waals surface area contributed by atoms with E-state index in [0.29, 0.717) is 11.8 Å². The van der Waals surface area contributed by atoms with E-state index in [4.69, 9.17) is 14.1 Å². The van der Waals surface area contributed by atoms with Gasteiger partial charge in [0, 0.05) is 0 Å². The lowest BCUT2D eigenvalue weighted by atomic mass is 10.0. The summed E-state index contributed by atoms with van der Waals surface area (Å²) in [6.45, 7) is 11.4. The average molecular weight is 412 g/mol. The number of ether oxygens (including phenoxy) is 1. The van der Waals surface area contributed by atoms with Gasteiger partial charge in [-0.3, -0.25) is 0 Å². The van der Waals surface area contributed by atoms with E-state index in [1.54, 1.807) is 0 Å². The lowest BCUT2D eigenvalue weighted by molar-refractivity contribution is 0.351. The van der Waals surface area contributed by atoms with E-state index in [0.717, 1.165) is 16.9 Å². The number of nitrogens with zero attached hydrogens (tertiary/aromatic N) is 1. The summed E-state index contributed by atoms with van der Waals surface area (Å²) in [5.41, 5.74) is 2.90. The van der Waals surface area contributed by atoms with E-state index in [9.17, 15) is 0 Å². The first-order valence-corrected chi connectivity index (χ1v) is 16.4. The molecule has 2 aromatic rings. The largest absolute Gasteiger partial charge is 0.494 e. The molecule has 2 rings (SSSR count). The number of benzene rings is 2. The standard InChI is InChI=1S/C23H33NO2Si2/c1-6-7-8-17-27(2,3)26-28(4,5)19-25-23-15-13-22(14-16-23)21-11-9-20(18-24)10-12-21/h9-16H,6-8,17,19H2,1-5H3. The molecule has 28 heavy (non-hydrogen) atoms. The first-order chi connectivity index (χ1) is 13.2. The normalized spacial score (nSPS) is 11.9. The van der Waals surface area contributed by atoms with Gasteiger partial charge in [0.15, 0.2) is 8.32 Å². The van der Waals surface area contributed by atoms with E-state index in [2.05, 4.69) is 51.3 Å². The van der Waals surface area contributed by atoms with E-state index >= 15 is 0 Å². The molecule has 0 bridgehead atoms. The second kappa shape index (κ2) is 10.1. The lowest BCUT2D eigenvalue weighted by Crippen LogP contribution is -2.48. The van der Waals surface area contributed by atoms with E-state index in [1.165, 1.54) is 25.3 Å². The minimum atomic E-state index is -1.86. The Morgan fingerprint density at radius 3 is 1.93 bits per heavy atom. The summed E-state index contributed by atoms with van der Waals surface area (Å²) in [4.78, 5) is 0. The zero-order valence-corrected chi connectivity index (χ0v) is 19.9. The van der Waals surface area contributed by atoms with Crippen molar-refractivity contribution in [3.63, 3.8) is 0 Å². The molecule has 0 saturated carbocycles. The van der Waals surface area contributed by atoms with Gasteiger partial charge in [0.05, 0.1) is 11.6 Å². The van der Waals surface area contributed by atoms with Crippen molar-refractivity contribution < 1.29 is 8.85 Å². The van der Waals surface area contributed by atoms with Crippen molar-refractivity contribution >= 4 is 16.6 Å². The van der Waals surface area contributed by atoms with Crippen LogP contribution in [0.5, 0.6) is 5.75 Å². The van der Waals surface area contributed by atoms with Gasteiger partial charge in [0.2, 0.25) is 8.32 Å². The third-order valence-corrected chi connectivity index (χ3v) is 11.5. The Bertz CT molecular complexity index is 778. The molecular formula is C23H33NO2Si2. The molecule has 0 fully saturated rings. The molecule has 2 aromatic carbocycles. The highest BCUT2D eigenvalue weighted by Crippen LogP contribution is 2.25. The third-order valence-electron chi connectivity index (χ3n) is 4.72. The van der Waals surface area contributed by atoms with Crippen LogP contribution in [0.1, 0.15) is 31.7 Å². The van der Waals surface area contributed by atoms with Gasteiger partial charge in [-0.2, -0.15) is 5.26 Å². The lowest BCUT2D eigenvalue weighted by Gasteiger charge is -2.33. The molecule has 0 spiro atoms. The van der Waals surface area contributed by atoms with Crippen molar-refractivity contribution in [2.75, 3.05) is 6.23 Å². The highest BCUT2D eigenvalue weighted by Gasteiger charge is 2.33. The first kappa shape index (κ1) is 22.4. The van der Waals surface area contributed by atoms with Crippen LogP contribution in [-0.2, 0) is 4.12 Å².